The summed E-state index contributed by atoms with van der Waals surface area (Å²) in [6.07, 6.45) is 1.10. The van der Waals surface area contributed by atoms with Gasteiger partial charge in [0, 0.05) is 23.6 Å². The van der Waals surface area contributed by atoms with Crippen LogP contribution in [0.2, 0.25) is 0 Å². The van der Waals surface area contributed by atoms with Gasteiger partial charge in [-0.2, -0.15) is 0 Å². The summed E-state index contributed by atoms with van der Waals surface area (Å²) in [5, 5.41) is 3.35. The van der Waals surface area contributed by atoms with Crippen LogP contribution in [0.3, 0.4) is 0 Å². The highest BCUT2D eigenvalue weighted by molar-refractivity contribution is 9.10. The minimum Gasteiger partial charge on any atom is -0.367 e. The average molecular weight is 312 g/mol. The SMILES string of the molecule is CCN(c1cccc(Br)c1C(N)=O)C1CCNC1. The van der Waals surface area contributed by atoms with Gasteiger partial charge in [0.2, 0.25) is 0 Å². The summed E-state index contributed by atoms with van der Waals surface area (Å²) < 4.78 is 0.761. The van der Waals surface area contributed by atoms with Gasteiger partial charge in [0.25, 0.3) is 5.91 Å². The van der Waals surface area contributed by atoms with E-state index >= 15 is 0 Å². The number of amides is 1. The van der Waals surface area contributed by atoms with E-state index in [4.69, 9.17) is 5.73 Å². The number of anilines is 1. The molecule has 1 aromatic carbocycles. The van der Waals surface area contributed by atoms with Crippen molar-refractivity contribution in [3.8, 4) is 0 Å². The largest absolute Gasteiger partial charge is 0.367 e. The Bertz CT molecular complexity index is 444. The van der Waals surface area contributed by atoms with Gasteiger partial charge in [0.1, 0.15) is 0 Å². The molecule has 0 aromatic heterocycles. The minimum atomic E-state index is -0.387. The van der Waals surface area contributed by atoms with Crippen molar-refractivity contribution in [2.45, 2.75) is 19.4 Å². The third-order valence-corrected chi connectivity index (χ3v) is 4.02. The van der Waals surface area contributed by atoms with E-state index in [1.54, 1.807) is 0 Å². The molecule has 1 fully saturated rings. The van der Waals surface area contributed by atoms with Crippen molar-refractivity contribution in [3.63, 3.8) is 0 Å². The first-order chi connectivity index (χ1) is 8.65. The zero-order valence-corrected chi connectivity index (χ0v) is 12.0. The topological polar surface area (TPSA) is 58.4 Å². The molecule has 1 aliphatic rings. The lowest BCUT2D eigenvalue weighted by molar-refractivity contribution is 0.1000. The third-order valence-electron chi connectivity index (χ3n) is 3.36. The van der Waals surface area contributed by atoms with Crippen molar-refractivity contribution >= 4 is 27.5 Å². The molecule has 18 heavy (non-hydrogen) atoms. The molecule has 1 atom stereocenters. The van der Waals surface area contributed by atoms with Crippen LogP contribution in [0.4, 0.5) is 5.69 Å². The number of hydrogen-bond donors (Lipinski definition) is 2. The lowest BCUT2D eigenvalue weighted by Gasteiger charge is -2.31. The molecule has 1 unspecified atom stereocenters. The summed E-state index contributed by atoms with van der Waals surface area (Å²) in [6.45, 7) is 4.95. The monoisotopic (exact) mass is 311 g/mol. The summed E-state index contributed by atoms with van der Waals surface area (Å²) in [5.41, 5.74) is 6.99. The van der Waals surface area contributed by atoms with Gasteiger partial charge in [-0.15, -0.1) is 0 Å². The normalized spacial score (nSPS) is 18.9. The third kappa shape index (κ3) is 2.52. The van der Waals surface area contributed by atoms with Gasteiger partial charge in [-0.25, -0.2) is 0 Å². The van der Waals surface area contributed by atoms with Crippen molar-refractivity contribution in [3.05, 3.63) is 28.2 Å². The van der Waals surface area contributed by atoms with Crippen molar-refractivity contribution < 1.29 is 4.79 Å². The number of primary amides is 1. The molecule has 2 rings (SSSR count). The van der Waals surface area contributed by atoms with Gasteiger partial charge in [-0.05, 0) is 48.0 Å². The Labute approximate surface area is 116 Å². The van der Waals surface area contributed by atoms with E-state index in [0.29, 0.717) is 11.6 Å². The number of nitrogens with zero attached hydrogens (tertiary/aromatic N) is 1. The number of nitrogens with one attached hydrogen (secondary N) is 1. The van der Waals surface area contributed by atoms with Crippen LogP contribution < -0.4 is 16.0 Å². The highest BCUT2D eigenvalue weighted by Crippen LogP contribution is 2.29. The number of hydrogen-bond acceptors (Lipinski definition) is 3. The van der Waals surface area contributed by atoms with Crippen molar-refractivity contribution in [2.75, 3.05) is 24.5 Å². The Morgan fingerprint density at radius 1 is 1.61 bits per heavy atom. The van der Waals surface area contributed by atoms with Crippen LogP contribution in [-0.2, 0) is 0 Å². The Kier molecular flexibility index (Phi) is 4.24. The van der Waals surface area contributed by atoms with Gasteiger partial charge in [-0.3, -0.25) is 4.79 Å². The first kappa shape index (κ1) is 13.4. The molecule has 5 heteroatoms. The van der Waals surface area contributed by atoms with Crippen molar-refractivity contribution in [1.82, 2.24) is 5.32 Å². The predicted molar refractivity (Wildman–Crippen MR) is 77.0 cm³/mol. The van der Waals surface area contributed by atoms with Crippen molar-refractivity contribution in [1.29, 1.82) is 0 Å². The molecular weight excluding hydrogens is 294 g/mol. The van der Waals surface area contributed by atoms with Gasteiger partial charge in [-0.1, -0.05) is 6.07 Å². The molecule has 0 spiro atoms. The summed E-state index contributed by atoms with van der Waals surface area (Å²) in [7, 11) is 0. The van der Waals surface area contributed by atoms with Crippen LogP contribution in [0.15, 0.2) is 22.7 Å². The van der Waals surface area contributed by atoms with E-state index in [1.165, 1.54) is 0 Å². The second-order valence-corrected chi connectivity index (χ2v) is 5.29. The van der Waals surface area contributed by atoms with Gasteiger partial charge in [0.15, 0.2) is 0 Å². The quantitative estimate of drug-likeness (QED) is 0.890. The molecular formula is C13H18BrN3O. The maximum atomic E-state index is 11.6. The number of carbonyl (C=O) groups is 1. The second kappa shape index (κ2) is 5.71. The van der Waals surface area contributed by atoms with Crippen LogP contribution in [0.5, 0.6) is 0 Å². The van der Waals surface area contributed by atoms with Gasteiger partial charge in [0.05, 0.1) is 11.3 Å². The lowest BCUT2D eigenvalue weighted by Crippen LogP contribution is -2.38. The average Bonchev–Trinajstić information content (AvgIpc) is 2.83. The molecule has 3 N–H and O–H groups in total. The molecule has 1 aromatic rings. The molecule has 1 heterocycles. The zero-order valence-electron chi connectivity index (χ0n) is 10.4. The van der Waals surface area contributed by atoms with Gasteiger partial charge < -0.3 is 16.0 Å². The Hall–Kier alpha value is -1.07. The fourth-order valence-electron chi connectivity index (χ4n) is 2.53. The van der Waals surface area contributed by atoms with E-state index in [1.807, 2.05) is 18.2 Å². The number of likely N-dealkylation sites (N-methyl/N-ethyl adjacent to an activating group) is 1. The highest BCUT2D eigenvalue weighted by Gasteiger charge is 2.25. The molecule has 0 bridgehead atoms. The maximum absolute atomic E-state index is 11.6. The first-order valence-corrected chi connectivity index (χ1v) is 7.00. The molecule has 0 radical (unpaired) electrons. The molecule has 98 valence electrons. The lowest BCUT2D eigenvalue weighted by atomic mass is 10.1. The molecule has 1 saturated heterocycles. The standard InChI is InChI=1S/C13H18BrN3O/c1-2-17(9-6-7-16-8-9)11-5-3-4-10(14)12(11)13(15)18/h3-5,9,16H,2,6-8H2,1H3,(H2,15,18). The van der Waals surface area contributed by atoms with Crippen molar-refractivity contribution in [2.24, 2.45) is 5.73 Å². The van der Waals surface area contributed by atoms with Crippen LogP contribution in [0, 0.1) is 0 Å². The molecule has 0 aliphatic carbocycles. The Balaban J connectivity index is 2.41. The fourth-order valence-corrected chi connectivity index (χ4v) is 3.08. The smallest absolute Gasteiger partial charge is 0.251 e. The highest BCUT2D eigenvalue weighted by atomic mass is 79.9. The summed E-state index contributed by atoms with van der Waals surface area (Å²) in [6, 6.07) is 6.19. The van der Waals surface area contributed by atoms with Crippen LogP contribution in [0.1, 0.15) is 23.7 Å². The number of nitrogens with two attached hydrogens (primary N) is 1. The zero-order chi connectivity index (χ0) is 13.1. The predicted octanol–water partition coefficient (Wildman–Crippen LogP) is 1.74. The summed E-state index contributed by atoms with van der Waals surface area (Å²) in [4.78, 5) is 13.9. The van der Waals surface area contributed by atoms with Crippen LogP contribution in [0.25, 0.3) is 0 Å². The summed E-state index contributed by atoms with van der Waals surface area (Å²) in [5.74, 6) is -0.387. The van der Waals surface area contributed by atoms with Gasteiger partial charge >= 0.3 is 0 Å². The number of carbonyl (C=O) groups excluding carboxylic acids is 1. The van der Waals surface area contributed by atoms with E-state index in [2.05, 4.69) is 33.1 Å². The second-order valence-electron chi connectivity index (χ2n) is 4.43. The number of benzene rings is 1. The first-order valence-electron chi connectivity index (χ1n) is 6.20. The summed E-state index contributed by atoms with van der Waals surface area (Å²) >= 11 is 3.41. The van der Waals surface area contributed by atoms with E-state index in [9.17, 15) is 4.79 Å². The van der Waals surface area contributed by atoms with Crippen LogP contribution in [-0.4, -0.2) is 31.6 Å². The molecule has 1 aliphatic heterocycles. The van der Waals surface area contributed by atoms with E-state index < -0.39 is 0 Å². The fraction of sp³-hybridized carbons (Fsp3) is 0.462. The molecule has 0 saturated carbocycles. The number of halogens is 1. The molecule has 4 nitrogen and oxygen atoms in total. The maximum Gasteiger partial charge on any atom is 0.251 e. The Morgan fingerprint density at radius 3 is 2.94 bits per heavy atom. The van der Waals surface area contributed by atoms with E-state index in [0.717, 1.165) is 36.2 Å². The van der Waals surface area contributed by atoms with E-state index in [-0.39, 0.29) is 5.91 Å². The number of rotatable bonds is 4. The van der Waals surface area contributed by atoms with Crippen LogP contribution >= 0.6 is 15.9 Å². The molecule has 1 amide bonds. The minimum absolute atomic E-state index is 0.387. The Morgan fingerprint density at radius 2 is 2.39 bits per heavy atom.